The van der Waals surface area contributed by atoms with E-state index in [0.717, 1.165) is 27.3 Å². The number of pyridine rings is 1. The highest BCUT2D eigenvalue weighted by Crippen LogP contribution is 2.39. The first-order valence-corrected chi connectivity index (χ1v) is 8.09. The first-order valence-electron chi connectivity index (χ1n) is 6.31. The van der Waals surface area contributed by atoms with Gasteiger partial charge in [0, 0.05) is 10.6 Å². The highest BCUT2D eigenvalue weighted by atomic mass is 79.9. The Morgan fingerprint density at radius 1 is 1.35 bits per heavy atom. The predicted octanol–water partition coefficient (Wildman–Crippen LogP) is 3.98. The molecule has 0 saturated heterocycles. The van der Waals surface area contributed by atoms with Crippen LogP contribution in [0.5, 0.6) is 0 Å². The molecule has 5 heteroatoms. The molecule has 0 spiro atoms. The van der Waals surface area contributed by atoms with Crippen LogP contribution in [-0.2, 0) is 4.79 Å². The van der Waals surface area contributed by atoms with Gasteiger partial charge in [0.2, 0.25) is 5.91 Å². The van der Waals surface area contributed by atoms with E-state index in [-0.39, 0.29) is 11.8 Å². The van der Waals surface area contributed by atoms with E-state index in [0.29, 0.717) is 0 Å². The van der Waals surface area contributed by atoms with E-state index >= 15 is 0 Å². The Balaban J connectivity index is 1.81. The smallest absolute Gasteiger partial charge is 0.232 e. The van der Waals surface area contributed by atoms with E-state index < -0.39 is 0 Å². The van der Waals surface area contributed by atoms with Crippen molar-refractivity contribution in [3.05, 3.63) is 52.3 Å². The quantitative estimate of drug-likeness (QED) is 0.834. The Morgan fingerprint density at radius 2 is 2.15 bits per heavy atom. The molecule has 1 N–H and O–H groups in total. The van der Waals surface area contributed by atoms with Crippen LogP contribution in [0.1, 0.15) is 17.2 Å². The first kappa shape index (κ1) is 13.6. The van der Waals surface area contributed by atoms with Gasteiger partial charge in [-0.25, -0.2) is 4.98 Å². The minimum Gasteiger partial charge on any atom is -0.324 e. The average Bonchev–Trinajstić information content (AvgIpc) is 2.86. The van der Waals surface area contributed by atoms with Crippen LogP contribution in [0.4, 0.5) is 5.69 Å². The molecule has 2 aromatic rings. The molecule has 2 heterocycles. The number of aryl methyl sites for hydroxylation is 1. The minimum atomic E-state index is -0.0840. The lowest BCUT2D eigenvalue weighted by Gasteiger charge is -2.13. The molecule has 1 aliphatic rings. The number of benzene rings is 1. The number of aromatic nitrogens is 1. The summed E-state index contributed by atoms with van der Waals surface area (Å²) in [5.41, 5.74) is 2.71. The number of carbonyl (C=O) groups is 1. The molecule has 0 fully saturated rings. The molecule has 102 valence electrons. The predicted molar refractivity (Wildman–Crippen MR) is 85.2 cm³/mol. The highest BCUT2D eigenvalue weighted by molar-refractivity contribution is 9.10. The fourth-order valence-electron chi connectivity index (χ4n) is 2.26. The largest absolute Gasteiger partial charge is 0.324 e. The zero-order valence-electron chi connectivity index (χ0n) is 10.9. The van der Waals surface area contributed by atoms with Crippen LogP contribution in [0, 0.1) is 6.92 Å². The van der Waals surface area contributed by atoms with E-state index in [2.05, 4.69) is 32.3 Å². The molecule has 1 aliphatic heterocycles. The van der Waals surface area contributed by atoms with Crippen molar-refractivity contribution in [1.29, 1.82) is 0 Å². The van der Waals surface area contributed by atoms with Crippen molar-refractivity contribution in [1.82, 2.24) is 4.98 Å². The van der Waals surface area contributed by atoms with Crippen molar-refractivity contribution in [2.75, 3.05) is 11.1 Å². The van der Waals surface area contributed by atoms with Crippen LogP contribution < -0.4 is 5.32 Å². The van der Waals surface area contributed by atoms with Crippen molar-refractivity contribution in [2.45, 2.75) is 17.7 Å². The molecule has 1 aromatic heterocycles. The number of nitrogens with zero attached hydrogens (tertiary/aromatic N) is 1. The highest BCUT2D eigenvalue weighted by Gasteiger charge is 2.29. The zero-order valence-corrected chi connectivity index (χ0v) is 13.3. The molecule has 1 aromatic carbocycles. The SMILES string of the molecule is Cc1nc(Br)ccc1NC(=O)C1CSc2ccccc21. The Hall–Kier alpha value is -1.33. The normalized spacial score (nSPS) is 16.8. The zero-order chi connectivity index (χ0) is 14.1. The van der Waals surface area contributed by atoms with Gasteiger partial charge in [0.25, 0.3) is 0 Å². The van der Waals surface area contributed by atoms with Crippen molar-refractivity contribution in [3.63, 3.8) is 0 Å². The molecule has 0 aliphatic carbocycles. The van der Waals surface area contributed by atoms with Crippen LogP contribution in [0.15, 0.2) is 45.9 Å². The van der Waals surface area contributed by atoms with E-state index in [1.807, 2.05) is 37.3 Å². The van der Waals surface area contributed by atoms with Gasteiger partial charge in [0.15, 0.2) is 0 Å². The maximum Gasteiger partial charge on any atom is 0.232 e. The summed E-state index contributed by atoms with van der Waals surface area (Å²) < 4.78 is 0.773. The monoisotopic (exact) mass is 348 g/mol. The average molecular weight is 349 g/mol. The molecule has 1 amide bonds. The second-order valence-electron chi connectivity index (χ2n) is 4.66. The molecule has 3 nitrogen and oxygen atoms in total. The van der Waals surface area contributed by atoms with Crippen LogP contribution in [-0.4, -0.2) is 16.6 Å². The van der Waals surface area contributed by atoms with Gasteiger partial charge in [-0.1, -0.05) is 18.2 Å². The lowest BCUT2D eigenvalue weighted by Crippen LogP contribution is -2.21. The second-order valence-corrected chi connectivity index (χ2v) is 6.53. The number of amides is 1. The molecule has 1 atom stereocenters. The maximum atomic E-state index is 12.5. The first-order chi connectivity index (χ1) is 9.65. The third kappa shape index (κ3) is 2.60. The number of hydrogen-bond acceptors (Lipinski definition) is 3. The standard InChI is InChI=1S/C15H13BrN2OS/c1-9-12(6-7-14(16)17-9)18-15(19)11-8-20-13-5-3-2-4-10(11)13/h2-7,11H,8H2,1H3,(H,18,19). The van der Waals surface area contributed by atoms with Gasteiger partial charge in [-0.2, -0.15) is 0 Å². The lowest BCUT2D eigenvalue weighted by atomic mass is 10.0. The number of halogens is 1. The van der Waals surface area contributed by atoms with Gasteiger partial charge < -0.3 is 5.32 Å². The molecule has 0 bridgehead atoms. The molecule has 1 unspecified atom stereocenters. The number of hydrogen-bond donors (Lipinski definition) is 1. The van der Waals surface area contributed by atoms with Crippen molar-refractivity contribution in [2.24, 2.45) is 0 Å². The topological polar surface area (TPSA) is 42.0 Å². The molecule has 0 saturated carbocycles. The van der Waals surface area contributed by atoms with Crippen molar-refractivity contribution >= 4 is 39.3 Å². The third-order valence-electron chi connectivity index (χ3n) is 3.33. The van der Waals surface area contributed by atoms with Gasteiger partial charge in [0.1, 0.15) is 4.60 Å². The van der Waals surface area contributed by atoms with Crippen LogP contribution in [0.3, 0.4) is 0 Å². The van der Waals surface area contributed by atoms with Crippen molar-refractivity contribution in [3.8, 4) is 0 Å². The van der Waals surface area contributed by atoms with Gasteiger partial charge in [0.05, 0.1) is 17.3 Å². The van der Waals surface area contributed by atoms with Crippen molar-refractivity contribution < 1.29 is 4.79 Å². The summed E-state index contributed by atoms with van der Waals surface area (Å²) in [7, 11) is 0. The Kier molecular flexibility index (Phi) is 3.81. The number of carbonyl (C=O) groups excluding carboxylic acids is 1. The Morgan fingerprint density at radius 3 is 2.95 bits per heavy atom. The van der Waals surface area contributed by atoms with Crippen LogP contribution in [0.2, 0.25) is 0 Å². The fourth-order valence-corrected chi connectivity index (χ4v) is 3.89. The second kappa shape index (κ2) is 5.58. The molecule has 0 radical (unpaired) electrons. The number of thioether (sulfide) groups is 1. The maximum absolute atomic E-state index is 12.5. The number of nitrogens with one attached hydrogen (secondary N) is 1. The minimum absolute atomic E-state index is 0.0367. The van der Waals surface area contributed by atoms with E-state index in [4.69, 9.17) is 0 Å². The summed E-state index contributed by atoms with van der Waals surface area (Å²) >= 11 is 5.06. The number of rotatable bonds is 2. The number of anilines is 1. The van der Waals surface area contributed by atoms with E-state index in [9.17, 15) is 4.79 Å². The molecular formula is C15H13BrN2OS. The van der Waals surface area contributed by atoms with Gasteiger partial charge >= 0.3 is 0 Å². The van der Waals surface area contributed by atoms with E-state index in [1.165, 1.54) is 4.90 Å². The summed E-state index contributed by atoms with van der Waals surface area (Å²) in [6.07, 6.45) is 0. The summed E-state index contributed by atoms with van der Waals surface area (Å²) in [6.45, 7) is 1.89. The summed E-state index contributed by atoms with van der Waals surface area (Å²) in [6, 6.07) is 11.8. The fraction of sp³-hybridized carbons (Fsp3) is 0.200. The lowest BCUT2D eigenvalue weighted by molar-refractivity contribution is -0.117. The van der Waals surface area contributed by atoms with Crippen LogP contribution in [0.25, 0.3) is 0 Å². The van der Waals surface area contributed by atoms with Crippen LogP contribution >= 0.6 is 27.7 Å². The third-order valence-corrected chi connectivity index (χ3v) is 4.95. The van der Waals surface area contributed by atoms with E-state index in [1.54, 1.807) is 11.8 Å². The summed E-state index contributed by atoms with van der Waals surface area (Å²) in [4.78, 5) is 18.0. The van der Waals surface area contributed by atoms with Gasteiger partial charge in [-0.3, -0.25) is 4.79 Å². The Labute approximate surface area is 130 Å². The van der Waals surface area contributed by atoms with Gasteiger partial charge in [-0.05, 0) is 46.6 Å². The summed E-state index contributed by atoms with van der Waals surface area (Å²) in [5, 5.41) is 2.98. The molecular weight excluding hydrogens is 336 g/mol. The molecule has 20 heavy (non-hydrogen) atoms. The Bertz CT molecular complexity index is 675. The molecule has 3 rings (SSSR count). The summed E-state index contributed by atoms with van der Waals surface area (Å²) in [5.74, 6) is 0.752. The van der Waals surface area contributed by atoms with Gasteiger partial charge in [-0.15, -0.1) is 11.8 Å². The number of fused-ring (bicyclic) bond motifs is 1.